The predicted molar refractivity (Wildman–Crippen MR) is 36.9 cm³/mol. The molecule has 1 atom stereocenters. The number of nitrogens with two attached hydrogens (primary N) is 1. The Morgan fingerprint density at radius 1 is 1.90 bits per heavy atom. The topological polar surface area (TPSA) is 70.1 Å². The lowest BCUT2D eigenvalue weighted by Gasteiger charge is -2.15. The van der Waals surface area contributed by atoms with Crippen LogP contribution in [0.4, 0.5) is 0 Å². The minimum absolute atomic E-state index is 0.134. The second kappa shape index (κ2) is 3.85. The largest absolute Gasteiger partial charge is 0.369 e. The zero-order valence-electron chi connectivity index (χ0n) is 6.16. The van der Waals surface area contributed by atoms with Crippen LogP contribution in [0.2, 0.25) is 0 Å². The molecule has 0 aromatic heterocycles. The fraction of sp³-hybridized carbons (Fsp3) is 0.667. The van der Waals surface area contributed by atoms with E-state index in [1.807, 2.05) is 6.07 Å². The second-order valence-electron chi connectivity index (χ2n) is 2.19. The summed E-state index contributed by atoms with van der Waals surface area (Å²) < 4.78 is 0. The number of carbonyl (C=O) groups excluding carboxylic acids is 1. The number of carbonyl (C=O) groups is 1. The van der Waals surface area contributed by atoms with Crippen molar-refractivity contribution < 1.29 is 4.79 Å². The maximum Gasteiger partial charge on any atom is 0.231 e. The molecule has 0 rings (SSSR count). The Labute approximate surface area is 60.2 Å². The van der Waals surface area contributed by atoms with Crippen LogP contribution in [0, 0.1) is 11.3 Å². The molecule has 0 aromatic carbocycles. The van der Waals surface area contributed by atoms with Gasteiger partial charge in [-0.3, -0.25) is 9.69 Å². The Morgan fingerprint density at radius 3 is 2.70 bits per heavy atom. The molecule has 1 unspecified atom stereocenters. The SMILES string of the molecule is CC(C#N)N(C)CC(N)=O. The Morgan fingerprint density at radius 2 is 2.40 bits per heavy atom. The smallest absolute Gasteiger partial charge is 0.231 e. The zero-order chi connectivity index (χ0) is 8.15. The van der Waals surface area contributed by atoms with Crippen molar-refractivity contribution in [2.24, 2.45) is 5.73 Å². The van der Waals surface area contributed by atoms with Crippen molar-refractivity contribution in [1.82, 2.24) is 4.90 Å². The van der Waals surface area contributed by atoms with Crippen LogP contribution in [0.1, 0.15) is 6.92 Å². The lowest BCUT2D eigenvalue weighted by Crippen LogP contribution is -2.35. The minimum Gasteiger partial charge on any atom is -0.369 e. The number of hydrogen-bond donors (Lipinski definition) is 1. The van der Waals surface area contributed by atoms with Crippen LogP contribution < -0.4 is 5.73 Å². The monoisotopic (exact) mass is 141 g/mol. The molecule has 56 valence electrons. The molecule has 2 N–H and O–H groups in total. The number of nitrogens with zero attached hydrogens (tertiary/aromatic N) is 2. The second-order valence-corrected chi connectivity index (χ2v) is 2.19. The van der Waals surface area contributed by atoms with Crippen molar-refractivity contribution in [2.75, 3.05) is 13.6 Å². The van der Waals surface area contributed by atoms with Crippen LogP contribution in [-0.2, 0) is 4.79 Å². The number of likely N-dealkylation sites (N-methyl/N-ethyl adjacent to an activating group) is 1. The van der Waals surface area contributed by atoms with Crippen LogP contribution in [0.3, 0.4) is 0 Å². The van der Waals surface area contributed by atoms with E-state index < -0.39 is 5.91 Å². The van der Waals surface area contributed by atoms with Crippen molar-refractivity contribution in [3.05, 3.63) is 0 Å². The van der Waals surface area contributed by atoms with E-state index in [9.17, 15) is 4.79 Å². The fourth-order valence-electron chi connectivity index (χ4n) is 0.481. The van der Waals surface area contributed by atoms with Crippen LogP contribution in [0.25, 0.3) is 0 Å². The van der Waals surface area contributed by atoms with Gasteiger partial charge in [-0.2, -0.15) is 5.26 Å². The van der Waals surface area contributed by atoms with Gasteiger partial charge in [0, 0.05) is 0 Å². The summed E-state index contributed by atoms with van der Waals surface area (Å²) in [6.07, 6.45) is 0. The number of amides is 1. The molecular weight excluding hydrogens is 130 g/mol. The number of rotatable bonds is 3. The van der Waals surface area contributed by atoms with Gasteiger partial charge in [0.05, 0.1) is 18.7 Å². The molecule has 0 heterocycles. The third-order valence-corrected chi connectivity index (χ3v) is 1.25. The van der Waals surface area contributed by atoms with E-state index in [1.54, 1.807) is 18.9 Å². The molecule has 0 fully saturated rings. The predicted octanol–water partition coefficient (Wildman–Crippen LogP) is -0.684. The summed E-state index contributed by atoms with van der Waals surface area (Å²) in [5.74, 6) is -0.412. The van der Waals surface area contributed by atoms with Gasteiger partial charge in [0.1, 0.15) is 0 Å². The van der Waals surface area contributed by atoms with Crippen LogP contribution in [0.15, 0.2) is 0 Å². The van der Waals surface area contributed by atoms with Crippen LogP contribution >= 0.6 is 0 Å². The third-order valence-electron chi connectivity index (χ3n) is 1.25. The Balaban J connectivity index is 3.75. The number of primary amides is 1. The third kappa shape index (κ3) is 3.05. The van der Waals surface area contributed by atoms with Gasteiger partial charge in [-0.05, 0) is 14.0 Å². The molecule has 0 bridgehead atoms. The standard InChI is InChI=1S/C6H11N3O/c1-5(3-7)9(2)4-6(8)10/h5H,4H2,1-2H3,(H2,8,10). The van der Waals surface area contributed by atoms with E-state index in [4.69, 9.17) is 11.0 Å². The highest BCUT2D eigenvalue weighted by Gasteiger charge is 2.08. The summed E-state index contributed by atoms with van der Waals surface area (Å²) in [5, 5.41) is 8.37. The molecule has 0 aliphatic carbocycles. The van der Waals surface area contributed by atoms with Gasteiger partial charge in [-0.15, -0.1) is 0 Å². The van der Waals surface area contributed by atoms with E-state index in [0.717, 1.165) is 0 Å². The average Bonchev–Trinajstić information content (AvgIpc) is 1.85. The molecule has 0 aromatic rings. The van der Waals surface area contributed by atoms with E-state index in [0.29, 0.717) is 0 Å². The van der Waals surface area contributed by atoms with Crippen molar-refractivity contribution in [2.45, 2.75) is 13.0 Å². The van der Waals surface area contributed by atoms with Gasteiger partial charge in [0.2, 0.25) is 5.91 Å². The molecule has 0 radical (unpaired) electrons. The first-order chi connectivity index (χ1) is 4.57. The van der Waals surface area contributed by atoms with Gasteiger partial charge in [0.15, 0.2) is 0 Å². The van der Waals surface area contributed by atoms with Crippen molar-refractivity contribution in [3.63, 3.8) is 0 Å². The number of hydrogen-bond acceptors (Lipinski definition) is 3. The maximum absolute atomic E-state index is 10.3. The summed E-state index contributed by atoms with van der Waals surface area (Å²) in [6, 6.07) is 1.73. The summed E-state index contributed by atoms with van der Waals surface area (Å²) in [5.41, 5.74) is 4.90. The number of nitriles is 1. The van der Waals surface area contributed by atoms with Crippen molar-refractivity contribution in [3.8, 4) is 6.07 Å². The van der Waals surface area contributed by atoms with E-state index in [2.05, 4.69) is 0 Å². The Bertz CT molecular complexity index is 161. The molecule has 0 saturated heterocycles. The maximum atomic E-state index is 10.3. The van der Waals surface area contributed by atoms with Crippen LogP contribution in [-0.4, -0.2) is 30.4 Å². The summed E-state index contributed by atoms with van der Waals surface area (Å²) in [4.78, 5) is 11.9. The first kappa shape index (κ1) is 8.92. The highest BCUT2D eigenvalue weighted by Crippen LogP contribution is 1.90. The quantitative estimate of drug-likeness (QED) is 0.565. The van der Waals surface area contributed by atoms with Gasteiger partial charge in [-0.25, -0.2) is 0 Å². The minimum atomic E-state index is -0.412. The lowest BCUT2D eigenvalue weighted by molar-refractivity contribution is -0.119. The van der Waals surface area contributed by atoms with Crippen molar-refractivity contribution >= 4 is 5.91 Å². The molecule has 0 aliphatic heterocycles. The van der Waals surface area contributed by atoms with E-state index in [1.165, 1.54) is 0 Å². The van der Waals surface area contributed by atoms with Gasteiger partial charge in [-0.1, -0.05) is 0 Å². The first-order valence-corrected chi connectivity index (χ1v) is 2.96. The van der Waals surface area contributed by atoms with Gasteiger partial charge < -0.3 is 5.73 Å². The lowest BCUT2D eigenvalue weighted by atomic mass is 10.3. The Hall–Kier alpha value is -1.08. The molecule has 1 amide bonds. The van der Waals surface area contributed by atoms with Gasteiger partial charge in [0.25, 0.3) is 0 Å². The summed E-state index contributed by atoms with van der Waals surface area (Å²) in [7, 11) is 1.68. The van der Waals surface area contributed by atoms with Crippen LogP contribution in [0.5, 0.6) is 0 Å². The molecule has 0 spiro atoms. The summed E-state index contributed by atoms with van der Waals surface area (Å²) in [6.45, 7) is 1.84. The van der Waals surface area contributed by atoms with E-state index >= 15 is 0 Å². The highest BCUT2D eigenvalue weighted by molar-refractivity contribution is 5.75. The van der Waals surface area contributed by atoms with Gasteiger partial charge >= 0.3 is 0 Å². The normalized spacial score (nSPS) is 12.6. The Kier molecular flexibility index (Phi) is 3.44. The summed E-state index contributed by atoms with van der Waals surface area (Å²) >= 11 is 0. The molecular formula is C6H11N3O. The molecule has 0 aliphatic rings. The van der Waals surface area contributed by atoms with E-state index in [-0.39, 0.29) is 12.6 Å². The van der Waals surface area contributed by atoms with Crippen molar-refractivity contribution in [1.29, 1.82) is 5.26 Å². The zero-order valence-corrected chi connectivity index (χ0v) is 6.16. The average molecular weight is 141 g/mol. The molecule has 0 saturated carbocycles. The molecule has 4 heteroatoms. The fourth-order valence-corrected chi connectivity index (χ4v) is 0.481. The highest BCUT2D eigenvalue weighted by atomic mass is 16.1. The molecule has 4 nitrogen and oxygen atoms in total. The first-order valence-electron chi connectivity index (χ1n) is 2.96. The molecule has 10 heavy (non-hydrogen) atoms.